The SMILES string of the molecule is NC(CS)C(=O)NC(Cc1c[nH]c2ccccc12)C(=O)NC(CO)C(=O)NC(CO)C(=O)O. The molecule has 12 nitrogen and oxygen atoms in total. The number of carbonyl (C=O) groups excluding carboxylic acids is 3. The quantitative estimate of drug-likeness (QED) is 0.148. The number of aliphatic hydroxyl groups is 2. The number of aromatic nitrogens is 1. The van der Waals surface area contributed by atoms with E-state index in [1.807, 2.05) is 29.6 Å². The summed E-state index contributed by atoms with van der Waals surface area (Å²) in [7, 11) is 0. The van der Waals surface area contributed by atoms with Gasteiger partial charge in [-0.3, -0.25) is 14.4 Å². The van der Waals surface area contributed by atoms with Crippen LogP contribution in [0.15, 0.2) is 30.5 Å². The highest BCUT2D eigenvalue weighted by molar-refractivity contribution is 7.80. The Morgan fingerprint density at radius 2 is 1.52 bits per heavy atom. The fraction of sp³-hybridized carbons (Fsp3) is 0.400. The number of hydrogen-bond donors (Lipinski definition) is 9. The molecule has 2 aromatic rings. The fourth-order valence-corrected chi connectivity index (χ4v) is 3.18. The van der Waals surface area contributed by atoms with E-state index in [0.29, 0.717) is 5.56 Å². The maximum absolute atomic E-state index is 13.0. The molecule has 0 bridgehead atoms. The highest BCUT2D eigenvalue weighted by Gasteiger charge is 2.30. The van der Waals surface area contributed by atoms with Crippen LogP contribution in [-0.2, 0) is 25.6 Å². The number of H-pyrrole nitrogens is 1. The number of rotatable bonds is 12. The van der Waals surface area contributed by atoms with Crippen molar-refractivity contribution in [3.8, 4) is 0 Å². The molecule has 4 atom stereocenters. The van der Waals surface area contributed by atoms with Crippen LogP contribution in [0.5, 0.6) is 0 Å². The summed E-state index contributed by atoms with van der Waals surface area (Å²) in [5.74, 6) is -3.91. The number of carbonyl (C=O) groups is 4. The summed E-state index contributed by atoms with van der Waals surface area (Å²) in [6.45, 7) is -1.73. The Balaban J connectivity index is 2.21. The van der Waals surface area contributed by atoms with Crippen LogP contribution in [0.4, 0.5) is 0 Å². The minimum absolute atomic E-state index is 0.0344. The number of aliphatic carboxylic acids is 1. The van der Waals surface area contributed by atoms with Crippen molar-refractivity contribution in [3.63, 3.8) is 0 Å². The number of carboxylic acid groups (broad SMARTS) is 1. The van der Waals surface area contributed by atoms with Gasteiger partial charge in [-0.15, -0.1) is 0 Å². The van der Waals surface area contributed by atoms with Gasteiger partial charge in [0.1, 0.15) is 18.1 Å². The van der Waals surface area contributed by atoms with Crippen molar-refractivity contribution < 1.29 is 34.5 Å². The number of amides is 3. The smallest absolute Gasteiger partial charge is 0.328 e. The third-order valence-corrected chi connectivity index (χ3v) is 5.27. The van der Waals surface area contributed by atoms with Gasteiger partial charge in [0.2, 0.25) is 17.7 Å². The van der Waals surface area contributed by atoms with Crippen molar-refractivity contribution in [2.45, 2.75) is 30.6 Å². The molecule has 1 aromatic heterocycles. The van der Waals surface area contributed by atoms with E-state index >= 15 is 0 Å². The minimum atomic E-state index is -1.61. The van der Waals surface area contributed by atoms with E-state index in [1.54, 1.807) is 6.20 Å². The first kappa shape index (κ1) is 26.1. The van der Waals surface area contributed by atoms with Crippen LogP contribution in [0.25, 0.3) is 10.9 Å². The van der Waals surface area contributed by atoms with Crippen molar-refractivity contribution in [2.24, 2.45) is 5.73 Å². The lowest BCUT2D eigenvalue weighted by Crippen LogP contribution is -2.59. The molecule has 2 rings (SSSR count). The second kappa shape index (κ2) is 12.2. The second-order valence-electron chi connectivity index (χ2n) is 7.24. The van der Waals surface area contributed by atoms with Crippen LogP contribution in [0, 0.1) is 0 Å². The van der Waals surface area contributed by atoms with Gasteiger partial charge >= 0.3 is 5.97 Å². The van der Waals surface area contributed by atoms with Gasteiger partial charge in [-0.1, -0.05) is 18.2 Å². The van der Waals surface area contributed by atoms with E-state index in [0.717, 1.165) is 10.9 Å². The molecule has 33 heavy (non-hydrogen) atoms. The van der Waals surface area contributed by atoms with Crippen molar-refractivity contribution in [2.75, 3.05) is 19.0 Å². The van der Waals surface area contributed by atoms with E-state index in [1.165, 1.54) is 0 Å². The topological polar surface area (TPSA) is 207 Å². The molecule has 0 aliphatic rings. The lowest BCUT2D eigenvalue weighted by atomic mass is 10.0. The zero-order valence-corrected chi connectivity index (χ0v) is 18.4. The normalized spacial score (nSPS) is 14.7. The molecule has 0 saturated carbocycles. The first-order chi connectivity index (χ1) is 15.7. The van der Waals surface area contributed by atoms with Crippen LogP contribution in [0.2, 0.25) is 0 Å². The van der Waals surface area contributed by atoms with Gasteiger partial charge in [0.15, 0.2) is 0 Å². The van der Waals surface area contributed by atoms with Crippen molar-refractivity contribution in [1.82, 2.24) is 20.9 Å². The molecule has 1 heterocycles. The Bertz CT molecular complexity index is 998. The maximum Gasteiger partial charge on any atom is 0.328 e. The van der Waals surface area contributed by atoms with Crippen LogP contribution in [-0.4, -0.2) is 87.1 Å². The molecule has 1 aromatic carbocycles. The molecular formula is C20H27N5O7S. The summed E-state index contributed by atoms with van der Waals surface area (Å²) in [6, 6.07) is 2.04. The molecule has 0 fully saturated rings. The van der Waals surface area contributed by atoms with Crippen LogP contribution in [0.3, 0.4) is 0 Å². The Hall–Kier alpha value is -3.13. The first-order valence-electron chi connectivity index (χ1n) is 9.98. The van der Waals surface area contributed by atoms with Crippen LogP contribution < -0.4 is 21.7 Å². The van der Waals surface area contributed by atoms with Crippen LogP contribution >= 0.6 is 12.6 Å². The van der Waals surface area contributed by atoms with E-state index in [9.17, 15) is 24.3 Å². The molecule has 0 aliphatic carbocycles. The van der Waals surface area contributed by atoms with Crippen LogP contribution in [0.1, 0.15) is 5.56 Å². The zero-order valence-electron chi connectivity index (χ0n) is 17.5. The number of benzene rings is 1. The predicted octanol–water partition coefficient (Wildman–Crippen LogP) is -2.51. The van der Waals surface area contributed by atoms with Gasteiger partial charge in [-0.25, -0.2) is 4.79 Å². The number of aromatic amines is 1. The standard InChI is InChI=1S/C20H27N5O7S/c21-12(9-33)17(28)23-14(5-10-6-22-13-4-2-1-3-11(10)13)18(29)24-15(7-26)19(30)25-16(8-27)20(31)32/h1-4,6,12,14-16,22,26-27,33H,5,7-9,21H2,(H,23,28)(H,24,29)(H,25,30)(H,31,32). The molecular weight excluding hydrogens is 454 g/mol. The van der Waals surface area contributed by atoms with Gasteiger partial charge in [0.25, 0.3) is 0 Å². The summed E-state index contributed by atoms with van der Waals surface area (Å²) in [6.07, 6.45) is 1.72. The molecule has 0 radical (unpaired) electrons. The number of thiol groups is 1. The molecule has 0 saturated heterocycles. The van der Waals surface area contributed by atoms with E-state index < -0.39 is 61.1 Å². The molecule has 13 heteroatoms. The maximum atomic E-state index is 13.0. The number of para-hydroxylation sites is 1. The molecule has 180 valence electrons. The lowest BCUT2D eigenvalue weighted by molar-refractivity contribution is -0.143. The Labute approximate surface area is 194 Å². The second-order valence-corrected chi connectivity index (χ2v) is 7.60. The number of aliphatic hydroxyl groups excluding tert-OH is 2. The average Bonchev–Trinajstić information content (AvgIpc) is 3.22. The summed E-state index contributed by atoms with van der Waals surface area (Å²) in [5, 5.41) is 35.2. The fourth-order valence-electron chi connectivity index (χ4n) is 3.02. The summed E-state index contributed by atoms with van der Waals surface area (Å²) < 4.78 is 0. The van der Waals surface area contributed by atoms with Crippen molar-refractivity contribution in [1.29, 1.82) is 0 Å². The van der Waals surface area contributed by atoms with E-state index in [4.69, 9.17) is 15.9 Å². The summed E-state index contributed by atoms with van der Waals surface area (Å²) >= 11 is 3.98. The zero-order chi connectivity index (χ0) is 24.5. The molecule has 9 N–H and O–H groups in total. The minimum Gasteiger partial charge on any atom is -0.480 e. The monoisotopic (exact) mass is 481 g/mol. The summed E-state index contributed by atoms with van der Waals surface area (Å²) in [5.41, 5.74) is 7.22. The molecule has 4 unspecified atom stereocenters. The number of carboxylic acids is 1. The number of hydrogen-bond acceptors (Lipinski definition) is 8. The van der Waals surface area contributed by atoms with Gasteiger partial charge in [0.05, 0.1) is 19.3 Å². The largest absolute Gasteiger partial charge is 0.480 e. The van der Waals surface area contributed by atoms with E-state index in [2.05, 4.69) is 28.2 Å². The third-order valence-electron chi connectivity index (χ3n) is 4.88. The predicted molar refractivity (Wildman–Crippen MR) is 121 cm³/mol. The Morgan fingerprint density at radius 1 is 0.939 bits per heavy atom. The van der Waals surface area contributed by atoms with Crippen molar-refractivity contribution in [3.05, 3.63) is 36.0 Å². The third kappa shape index (κ3) is 6.92. The van der Waals surface area contributed by atoms with Gasteiger partial charge in [-0.05, 0) is 11.6 Å². The average molecular weight is 482 g/mol. The molecule has 0 spiro atoms. The van der Waals surface area contributed by atoms with Gasteiger partial charge in [-0.2, -0.15) is 12.6 Å². The van der Waals surface area contributed by atoms with E-state index in [-0.39, 0.29) is 12.2 Å². The highest BCUT2D eigenvalue weighted by atomic mass is 32.1. The number of fused-ring (bicyclic) bond motifs is 1. The number of nitrogens with two attached hydrogens (primary N) is 1. The highest BCUT2D eigenvalue weighted by Crippen LogP contribution is 2.19. The number of nitrogens with one attached hydrogen (secondary N) is 4. The van der Waals surface area contributed by atoms with Gasteiger partial charge < -0.3 is 42.0 Å². The van der Waals surface area contributed by atoms with Gasteiger partial charge in [0, 0.05) is 29.3 Å². The Morgan fingerprint density at radius 3 is 2.12 bits per heavy atom. The first-order valence-corrected chi connectivity index (χ1v) is 10.6. The lowest BCUT2D eigenvalue weighted by Gasteiger charge is -2.24. The molecule has 3 amide bonds. The summed E-state index contributed by atoms with van der Waals surface area (Å²) in [4.78, 5) is 51.7. The molecule has 0 aliphatic heterocycles. The Kier molecular flexibility index (Phi) is 9.66. The van der Waals surface area contributed by atoms with Crippen molar-refractivity contribution >= 4 is 47.2 Å².